The van der Waals surface area contributed by atoms with Crippen LogP contribution >= 0.6 is 55.1 Å². The van der Waals surface area contributed by atoms with E-state index in [0.29, 0.717) is 16.0 Å². The second kappa shape index (κ2) is 5.91. The van der Waals surface area contributed by atoms with Crippen LogP contribution in [0.1, 0.15) is 26.5 Å². The first-order chi connectivity index (χ1) is 9.20. The van der Waals surface area contributed by atoms with Gasteiger partial charge in [-0.2, -0.15) is 0 Å². The largest absolute Gasteiger partial charge is 0.231 e. The molecule has 0 atom stereocenters. The predicted octanol–water partition coefficient (Wildman–Crippen LogP) is 6.27. The van der Waals surface area contributed by atoms with Crippen molar-refractivity contribution < 1.29 is 0 Å². The van der Waals surface area contributed by atoms with Crippen molar-refractivity contribution >= 4 is 55.1 Å². The molecule has 1 aromatic heterocycles. The van der Waals surface area contributed by atoms with E-state index in [0.717, 1.165) is 20.2 Å². The van der Waals surface area contributed by atoms with Crippen LogP contribution in [0.25, 0.3) is 11.4 Å². The lowest BCUT2D eigenvalue weighted by molar-refractivity contribution is 0.564. The Hall–Kier alpha value is -0.160. The van der Waals surface area contributed by atoms with Crippen LogP contribution in [0, 0.1) is 0 Å². The summed E-state index contributed by atoms with van der Waals surface area (Å²) in [6.45, 7) is 6.23. The highest BCUT2D eigenvalue weighted by atomic mass is 79.9. The van der Waals surface area contributed by atoms with Crippen LogP contribution in [0.3, 0.4) is 0 Å². The Labute approximate surface area is 145 Å². The molecule has 0 spiro atoms. The van der Waals surface area contributed by atoms with Crippen molar-refractivity contribution in [3.63, 3.8) is 0 Å². The molecule has 0 amide bonds. The van der Waals surface area contributed by atoms with Crippen molar-refractivity contribution in [2.75, 3.05) is 0 Å². The number of hydrogen-bond donors (Lipinski definition) is 0. The molecule has 0 fully saturated rings. The van der Waals surface area contributed by atoms with Crippen molar-refractivity contribution in [3.05, 3.63) is 43.0 Å². The first kappa shape index (κ1) is 16.2. The van der Waals surface area contributed by atoms with E-state index in [1.165, 1.54) is 0 Å². The maximum atomic E-state index is 6.22. The lowest BCUT2D eigenvalue weighted by atomic mass is 9.92. The minimum absolute atomic E-state index is 0.148. The number of halogens is 4. The Bertz CT molecular complexity index is 667. The molecule has 1 heterocycles. The lowest BCUT2D eigenvalue weighted by Crippen LogP contribution is -2.16. The van der Waals surface area contributed by atoms with E-state index >= 15 is 0 Å². The highest BCUT2D eigenvalue weighted by Crippen LogP contribution is 2.36. The third kappa shape index (κ3) is 3.35. The van der Waals surface area contributed by atoms with Crippen molar-refractivity contribution in [1.82, 2.24) is 9.97 Å². The summed E-state index contributed by atoms with van der Waals surface area (Å²) in [7, 11) is 0. The number of benzene rings is 1. The first-order valence-electron chi connectivity index (χ1n) is 5.89. The molecular weight excluding hydrogens is 427 g/mol. The number of aromatic nitrogens is 2. The number of rotatable bonds is 1. The molecule has 0 bridgehead atoms. The normalized spacial score (nSPS) is 11.8. The van der Waals surface area contributed by atoms with Gasteiger partial charge in [0.05, 0.1) is 10.2 Å². The van der Waals surface area contributed by atoms with E-state index in [4.69, 9.17) is 23.2 Å². The van der Waals surface area contributed by atoms with Crippen LogP contribution in [0.5, 0.6) is 0 Å². The average Bonchev–Trinajstić information content (AvgIpc) is 2.34. The standard InChI is InChI=1S/C14H12Br2Cl2N2/c1-14(2,3)11-10(16)12(18)20-13(19-11)8-6-7(17)4-5-9(8)15/h4-6H,1-3H3. The summed E-state index contributed by atoms with van der Waals surface area (Å²) >= 11 is 19.2. The minimum Gasteiger partial charge on any atom is -0.231 e. The summed E-state index contributed by atoms with van der Waals surface area (Å²) in [6.07, 6.45) is 0. The Morgan fingerprint density at radius 2 is 1.70 bits per heavy atom. The molecule has 0 aliphatic rings. The molecule has 0 radical (unpaired) electrons. The van der Waals surface area contributed by atoms with Crippen LogP contribution in [0.15, 0.2) is 27.1 Å². The Balaban J connectivity index is 2.70. The summed E-state index contributed by atoms with van der Waals surface area (Å²) in [5.74, 6) is 0.553. The number of nitrogens with zero attached hydrogens (tertiary/aromatic N) is 2. The second-order valence-electron chi connectivity index (χ2n) is 5.37. The van der Waals surface area contributed by atoms with E-state index in [2.05, 4.69) is 62.6 Å². The summed E-state index contributed by atoms with van der Waals surface area (Å²) in [5, 5.41) is 1.02. The fraction of sp³-hybridized carbons (Fsp3) is 0.286. The molecule has 2 rings (SSSR count). The SMILES string of the molecule is CC(C)(C)c1nc(-c2cc(Cl)ccc2Br)nc(Cl)c1Br. The van der Waals surface area contributed by atoms with Gasteiger partial charge < -0.3 is 0 Å². The third-order valence-corrected chi connectivity index (χ3v) is 4.87. The van der Waals surface area contributed by atoms with Gasteiger partial charge in [0.25, 0.3) is 0 Å². The van der Waals surface area contributed by atoms with Gasteiger partial charge in [-0.05, 0) is 34.1 Å². The van der Waals surface area contributed by atoms with Gasteiger partial charge in [-0.1, -0.05) is 59.9 Å². The summed E-state index contributed by atoms with van der Waals surface area (Å²) < 4.78 is 1.61. The zero-order valence-corrected chi connectivity index (χ0v) is 15.8. The lowest BCUT2D eigenvalue weighted by Gasteiger charge is -2.20. The second-order valence-corrected chi connectivity index (χ2v) is 7.82. The van der Waals surface area contributed by atoms with Gasteiger partial charge in [0.1, 0.15) is 5.15 Å². The first-order valence-corrected chi connectivity index (χ1v) is 8.23. The van der Waals surface area contributed by atoms with Gasteiger partial charge in [-0.15, -0.1) is 0 Å². The molecule has 20 heavy (non-hydrogen) atoms. The molecule has 0 saturated carbocycles. The molecule has 1 aromatic carbocycles. The predicted molar refractivity (Wildman–Crippen MR) is 91.6 cm³/mol. The van der Waals surface area contributed by atoms with Gasteiger partial charge in [-0.25, -0.2) is 9.97 Å². The third-order valence-electron chi connectivity index (χ3n) is 2.69. The Morgan fingerprint density at radius 1 is 1.05 bits per heavy atom. The van der Waals surface area contributed by atoms with Crippen molar-refractivity contribution in [1.29, 1.82) is 0 Å². The molecule has 106 valence electrons. The smallest absolute Gasteiger partial charge is 0.162 e. The molecule has 0 unspecified atom stereocenters. The maximum Gasteiger partial charge on any atom is 0.162 e. The fourth-order valence-corrected chi connectivity index (χ4v) is 3.24. The number of hydrogen-bond acceptors (Lipinski definition) is 2. The van der Waals surface area contributed by atoms with Crippen molar-refractivity contribution in [2.24, 2.45) is 0 Å². The maximum absolute atomic E-state index is 6.22. The summed E-state index contributed by atoms with van der Waals surface area (Å²) in [4.78, 5) is 8.98. The molecule has 6 heteroatoms. The quantitative estimate of drug-likeness (QED) is 0.490. The summed E-state index contributed by atoms with van der Waals surface area (Å²) in [6, 6.07) is 5.49. The van der Waals surface area contributed by atoms with E-state index < -0.39 is 0 Å². The molecule has 0 aliphatic heterocycles. The molecule has 2 aromatic rings. The molecule has 0 saturated heterocycles. The average molecular weight is 439 g/mol. The van der Waals surface area contributed by atoms with Crippen LogP contribution in [0.2, 0.25) is 10.2 Å². The zero-order valence-electron chi connectivity index (χ0n) is 11.1. The van der Waals surface area contributed by atoms with E-state index in [1.807, 2.05) is 12.1 Å². The van der Waals surface area contributed by atoms with E-state index in [9.17, 15) is 0 Å². The summed E-state index contributed by atoms with van der Waals surface area (Å²) in [5.41, 5.74) is 1.53. The van der Waals surface area contributed by atoms with E-state index in [1.54, 1.807) is 6.07 Å². The minimum atomic E-state index is -0.148. The van der Waals surface area contributed by atoms with Gasteiger partial charge in [0, 0.05) is 20.5 Å². The van der Waals surface area contributed by atoms with Gasteiger partial charge in [0.15, 0.2) is 5.82 Å². The highest BCUT2D eigenvalue weighted by Gasteiger charge is 2.23. The van der Waals surface area contributed by atoms with E-state index in [-0.39, 0.29) is 5.41 Å². The van der Waals surface area contributed by atoms with Crippen LogP contribution < -0.4 is 0 Å². The molecule has 0 aliphatic carbocycles. The van der Waals surface area contributed by atoms with Crippen molar-refractivity contribution in [3.8, 4) is 11.4 Å². The fourth-order valence-electron chi connectivity index (χ4n) is 1.71. The topological polar surface area (TPSA) is 25.8 Å². The van der Waals surface area contributed by atoms with Gasteiger partial charge in [-0.3, -0.25) is 0 Å². The van der Waals surface area contributed by atoms with Gasteiger partial charge in [0.2, 0.25) is 0 Å². The monoisotopic (exact) mass is 436 g/mol. The molecular formula is C14H12Br2Cl2N2. The Morgan fingerprint density at radius 3 is 2.30 bits per heavy atom. The van der Waals surface area contributed by atoms with Crippen molar-refractivity contribution in [2.45, 2.75) is 26.2 Å². The zero-order chi connectivity index (χ0) is 15.1. The highest BCUT2D eigenvalue weighted by molar-refractivity contribution is 9.11. The van der Waals surface area contributed by atoms with Gasteiger partial charge >= 0.3 is 0 Å². The Kier molecular flexibility index (Phi) is 4.80. The molecule has 2 nitrogen and oxygen atoms in total. The van der Waals surface area contributed by atoms with Crippen LogP contribution in [-0.4, -0.2) is 9.97 Å². The molecule has 0 N–H and O–H groups in total. The van der Waals surface area contributed by atoms with Crippen LogP contribution in [-0.2, 0) is 5.41 Å². The van der Waals surface area contributed by atoms with Crippen LogP contribution in [0.4, 0.5) is 0 Å².